The van der Waals surface area contributed by atoms with Crippen LogP contribution in [0.4, 0.5) is 35.1 Å². The monoisotopic (exact) mass is 530 g/mol. The molecular formula is C28H26F8O. The highest BCUT2D eigenvalue weighted by atomic mass is 19.4. The van der Waals surface area contributed by atoms with E-state index in [9.17, 15) is 35.1 Å². The van der Waals surface area contributed by atoms with E-state index in [-0.39, 0.29) is 12.8 Å². The van der Waals surface area contributed by atoms with Gasteiger partial charge < -0.3 is 4.74 Å². The minimum Gasteiger partial charge on any atom is -0.432 e. The number of hydrogen-bond acceptors (Lipinski definition) is 1. The first-order chi connectivity index (χ1) is 17.4. The molecule has 2 aliphatic carbocycles. The number of alkyl halides is 5. The number of ether oxygens (including phenoxy) is 1. The van der Waals surface area contributed by atoms with Gasteiger partial charge in [-0.2, -0.15) is 22.0 Å². The van der Waals surface area contributed by atoms with Gasteiger partial charge in [0.05, 0.1) is 16.9 Å². The van der Waals surface area contributed by atoms with Crippen LogP contribution in [0.1, 0.15) is 56.9 Å². The first-order valence-corrected chi connectivity index (χ1v) is 12.3. The first-order valence-electron chi connectivity index (χ1n) is 12.3. The molecule has 0 N–H and O–H groups in total. The van der Waals surface area contributed by atoms with Crippen molar-refractivity contribution in [3.05, 3.63) is 53.9 Å². The lowest BCUT2D eigenvalue weighted by Crippen LogP contribution is -2.38. The number of fused-ring (bicyclic) bond motifs is 1. The van der Waals surface area contributed by atoms with Crippen molar-refractivity contribution in [1.82, 2.24) is 0 Å². The Morgan fingerprint density at radius 1 is 0.811 bits per heavy atom. The van der Waals surface area contributed by atoms with Crippen molar-refractivity contribution in [3.63, 3.8) is 0 Å². The number of rotatable bonds is 5. The summed E-state index contributed by atoms with van der Waals surface area (Å²) in [6.45, 7) is 3.84. The van der Waals surface area contributed by atoms with Crippen LogP contribution in [0.15, 0.2) is 30.9 Å². The maximum absolute atomic E-state index is 15.0. The smallest absolute Gasteiger partial charge is 0.432 e. The van der Waals surface area contributed by atoms with E-state index in [4.69, 9.17) is 4.74 Å². The second kappa shape index (κ2) is 10.5. The van der Waals surface area contributed by atoms with Crippen LogP contribution in [-0.2, 0) is 0 Å². The molecule has 0 saturated heterocycles. The van der Waals surface area contributed by atoms with Crippen molar-refractivity contribution < 1.29 is 39.9 Å². The van der Waals surface area contributed by atoms with Gasteiger partial charge in [-0.25, -0.2) is 13.2 Å². The molecule has 2 aromatic rings. The zero-order valence-corrected chi connectivity index (χ0v) is 19.9. The summed E-state index contributed by atoms with van der Waals surface area (Å²) in [7, 11) is 0. The highest BCUT2D eigenvalue weighted by Crippen LogP contribution is 2.46. The number of hydrogen-bond donors (Lipinski definition) is 0. The average molecular weight is 530 g/mol. The molecule has 2 aromatic carbocycles. The van der Waals surface area contributed by atoms with Crippen LogP contribution < -0.4 is 4.74 Å². The van der Waals surface area contributed by atoms with Crippen molar-refractivity contribution in [1.29, 1.82) is 0 Å². The molecule has 0 atom stereocenters. The third kappa shape index (κ3) is 6.22. The molecule has 0 amide bonds. The van der Waals surface area contributed by atoms with E-state index >= 15 is 0 Å². The van der Waals surface area contributed by atoms with Gasteiger partial charge in [0.2, 0.25) is 0 Å². The molecule has 0 bridgehead atoms. The predicted molar refractivity (Wildman–Crippen MR) is 123 cm³/mol. The lowest BCUT2D eigenvalue weighted by atomic mass is 9.69. The summed E-state index contributed by atoms with van der Waals surface area (Å²) in [6.07, 6.45) is -0.673. The molecule has 0 heterocycles. The minimum absolute atomic E-state index is 0.236. The summed E-state index contributed by atoms with van der Waals surface area (Å²) in [4.78, 5) is 0. The fraction of sp³-hybridized carbons (Fsp3) is 0.500. The quantitative estimate of drug-likeness (QED) is 0.213. The lowest BCUT2D eigenvalue weighted by Gasteiger charge is -2.39. The zero-order chi connectivity index (χ0) is 27.0. The van der Waals surface area contributed by atoms with Crippen LogP contribution in [0.2, 0.25) is 0 Å². The molecule has 1 nitrogen and oxygen atoms in total. The van der Waals surface area contributed by atoms with Gasteiger partial charge in [0.25, 0.3) is 0 Å². The summed E-state index contributed by atoms with van der Waals surface area (Å²) in [6, 6.07) is 1.89. The van der Waals surface area contributed by atoms with Crippen molar-refractivity contribution in [2.75, 3.05) is 0 Å². The van der Waals surface area contributed by atoms with Crippen molar-refractivity contribution in [3.8, 4) is 17.6 Å². The van der Waals surface area contributed by atoms with Crippen LogP contribution in [0.5, 0.6) is 5.75 Å². The van der Waals surface area contributed by atoms with Crippen LogP contribution in [0.3, 0.4) is 0 Å². The SMILES string of the molecule is C=CC1CCC(C2CCC(C(F)(F)Oc3cc(F)c4c(F)c(C#CC(F)(F)F)c(F)cc4c3)CC2)CC1. The topological polar surface area (TPSA) is 9.23 Å². The van der Waals surface area contributed by atoms with Crippen LogP contribution in [-0.4, -0.2) is 12.3 Å². The molecule has 0 radical (unpaired) electrons. The van der Waals surface area contributed by atoms with Crippen LogP contribution in [0, 0.1) is 53.0 Å². The van der Waals surface area contributed by atoms with Crippen molar-refractivity contribution in [2.45, 2.75) is 63.7 Å². The fourth-order valence-corrected chi connectivity index (χ4v) is 5.71. The Bertz CT molecular complexity index is 1210. The highest BCUT2D eigenvalue weighted by Gasteiger charge is 2.45. The average Bonchev–Trinajstić information content (AvgIpc) is 2.82. The van der Waals surface area contributed by atoms with E-state index in [2.05, 4.69) is 6.58 Å². The lowest BCUT2D eigenvalue weighted by molar-refractivity contribution is -0.224. The van der Waals surface area contributed by atoms with E-state index in [1.165, 1.54) is 5.92 Å². The van der Waals surface area contributed by atoms with Gasteiger partial charge in [0, 0.05) is 12.0 Å². The normalized spacial score (nSPS) is 24.9. The van der Waals surface area contributed by atoms with E-state index in [0.717, 1.165) is 37.7 Å². The third-order valence-electron chi connectivity index (χ3n) is 7.70. The van der Waals surface area contributed by atoms with E-state index in [1.807, 2.05) is 6.08 Å². The van der Waals surface area contributed by atoms with E-state index in [0.29, 0.717) is 42.7 Å². The van der Waals surface area contributed by atoms with E-state index < -0.39 is 57.7 Å². The van der Waals surface area contributed by atoms with Gasteiger partial charge in [-0.1, -0.05) is 12.0 Å². The molecular weight excluding hydrogens is 504 g/mol. The Balaban J connectivity index is 1.48. The molecule has 200 valence electrons. The first kappa shape index (κ1) is 27.3. The summed E-state index contributed by atoms with van der Waals surface area (Å²) in [5.74, 6) is -2.78. The number of halogens is 8. The molecule has 0 unspecified atom stereocenters. The number of allylic oxidation sites excluding steroid dienone is 1. The summed E-state index contributed by atoms with van der Waals surface area (Å²) < 4.78 is 115. The Hall–Kier alpha value is -2.76. The van der Waals surface area contributed by atoms with Gasteiger partial charge in [-0.3, -0.25) is 0 Å². The summed E-state index contributed by atoms with van der Waals surface area (Å²) in [5, 5.41) is -1.34. The Morgan fingerprint density at radius 3 is 1.97 bits per heavy atom. The Kier molecular flexibility index (Phi) is 7.77. The standard InChI is InChI=1S/C28H26F8O/c1-2-16-3-5-17(6-4-16)18-7-9-20(10-8-18)28(35,36)37-21-13-19-14-23(29)22(11-12-27(32,33)34)26(31)25(19)24(30)15-21/h2,13-18,20H,1,3-10H2. The molecule has 4 rings (SSSR count). The maximum atomic E-state index is 15.0. The van der Waals surface area contributed by atoms with Gasteiger partial charge in [-0.15, -0.1) is 6.58 Å². The second-order valence-corrected chi connectivity index (χ2v) is 9.98. The summed E-state index contributed by atoms with van der Waals surface area (Å²) >= 11 is 0. The van der Waals surface area contributed by atoms with Gasteiger partial charge >= 0.3 is 12.3 Å². The Labute approximate surface area is 209 Å². The molecule has 37 heavy (non-hydrogen) atoms. The van der Waals surface area contributed by atoms with E-state index in [1.54, 1.807) is 0 Å². The molecule has 0 aliphatic heterocycles. The van der Waals surface area contributed by atoms with Crippen molar-refractivity contribution >= 4 is 10.8 Å². The molecule has 2 fully saturated rings. The summed E-state index contributed by atoms with van der Waals surface area (Å²) in [5.41, 5.74) is -1.27. The van der Waals surface area contributed by atoms with Crippen molar-refractivity contribution in [2.24, 2.45) is 23.7 Å². The largest absolute Gasteiger partial charge is 0.458 e. The maximum Gasteiger partial charge on any atom is 0.458 e. The highest BCUT2D eigenvalue weighted by molar-refractivity contribution is 5.87. The fourth-order valence-electron chi connectivity index (χ4n) is 5.71. The minimum atomic E-state index is -5.01. The zero-order valence-electron chi connectivity index (χ0n) is 19.9. The molecule has 9 heteroatoms. The van der Waals surface area contributed by atoms with Gasteiger partial charge in [0.15, 0.2) is 5.82 Å². The molecule has 2 aliphatic rings. The van der Waals surface area contributed by atoms with Gasteiger partial charge in [-0.05, 0) is 86.6 Å². The molecule has 0 aromatic heterocycles. The Morgan fingerprint density at radius 2 is 1.41 bits per heavy atom. The van der Waals surface area contributed by atoms with Crippen LogP contribution >= 0.6 is 0 Å². The van der Waals surface area contributed by atoms with Crippen LogP contribution in [0.25, 0.3) is 10.8 Å². The molecule has 0 spiro atoms. The third-order valence-corrected chi connectivity index (χ3v) is 7.70. The second-order valence-electron chi connectivity index (χ2n) is 9.98. The number of benzene rings is 2. The predicted octanol–water partition coefficient (Wildman–Crippen LogP) is 8.94. The van der Waals surface area contributed by atoms with Gasteiger partial charge in [0.1, 0.15) is 17.4 Å². The molecule has 2 saturated carbocycles.